The van der Waals surface area contributed by atoms with Gasteiger partial charge in [-0.2, -0.15) is 0 Å². The molecule has 0 unspecified atom stereocenters. The zero-order valence-electron chi connectivity index (χ0n) is 29.8. The monoisotopic (exact) mass is 672 g/mol. The second-order valence-corrected chi connectivity index (χ2v) is 14.9. The standard InChI is InChI=1S/C50H44N2/c1-4-15-36(16-5-1)43-25-22-37-17-8-9-19-42(37)49(43)50-45-27-24-40(51-28-10-2-11-29-51)33-46(45)48(39-21-20-35-14-6-7-18-38(35)32-39)44-26-23-41(34-47(44)50)52-30-12-3-13-31-52/h1,4-9,14-27,32-34H,2-3,10-13,28-31H2. The van der Waals surface area contributed by atoms with Gasteiger partial charge in [-0.25, -0.2) is 0 Å². The van der Waals surface area contributed by atoms with Crippen LogP contribution < -0.4 is 9.80 Å². The number of hydrogen-bond donors (Lipinski definition) is 0. The molecular formula is C50H44N2. The molecule has 0 aliphatic carbocycles. The predicted molar refractivity (Wildman–Crippen MR) is 225 cm³/mol. The van der Waals surface area contributed by atoms with E-state index in [1.165, 1.54) is 126 Å². The normalized spacial score (nSPS) is 15.2. The lowest BCUT2D eigenvalue weighted by Gasteiger charge is -2.31. The molecule has 2 aliphatic heterocycles. The van der Waals surface area contributed by atoms with Gasteiger partial charge in [0.15, 0.2) is 0 Å². The highest BCUT2D eigenvalue weighted by Crippen LogP contribution is 2.50. The highest BCUT2D eigenvalue weighted by Gasteiger charge is 2.24. The lowest BCUT2D eigenvalue weighted by atomic mass is 9.81. The molecule has 0 aromatic heterocycles. The van der Waals surface area contributed by atoms with Gasteiger partial charge in [0.1, 0.15) is 0 Å². The van der Waals surface area contributed by atoms with Crippen LogP contribution in [0, 0.1) is 0 Å². The summed E-state index contributed by atoms with van der Waals surface area (Å²) in [6, 6.07) is 55.3. The van der Waals surface area contributed by atoms with Gasteiger partial charge >= 0.3 is 0 Å². The molecule has 0 spiro atoms. The lowest BCUT2D eigenvalue weighted by Crippen LogP contribution is -2.29. The van der Waals surface area contributed by atoms with Crippen LogP contribution in [0.15, 0.2) is 146 Å². The van der Waals surface area contributed by atoms with Crippen molar-refractivity contribution in [1.29, 1.82) is 0 Å². The molecule has 2 heterocycles. The van der Waals surface area contributed by atoms with Crippen molar-refractivity contribution >= 4 is 54.5 Å². The van der Waals surface area contributed by atoms with Crippen LogP contribution >= 0.6 is 0 Å². The van der Waals surface area contributed by atoms with Crippen molar-refractivity contribution in [2.75, 3.05) is 36.0 Å². The molecule has 8 aromatic carbocycles. The Hall–Kier alpha value is -5.60. The number of nitrogens with zero attached hydrogens (tertiary/aromatic N) is 2. The zero-order valence-corrected chi connectivity index (χ0v) is 29.8. The molecule has 0 saturated carbocycles. The van der Waals surface area contributed by atoms with Crippen molar-refractivity contribution in [2.24, 2.45) is 0 Å². The highest BCUT2D eigenvalue weighted by atomic mass is 15.1. The van der Waals surface area contributed by atoms with E-state index in [4.69, 9.17) is 0 Å². The van der Waals surface area contributed by atoms with E-state index in [0.717, 1.165) is 26.2 Å². The fourth-order valence-corrected chi connectivity index (χ4v) is 9.23. The number of rotatable bonds is 5. The fourth-order valence-electron chi connectivity index (χ4n) is 9.23. The second-order valence-electron chi connectivity index (χ2n) is 14.9. The quantitative estimate of drug-likeness (QED) is 0.168. The lowest BCUT2D eigenvalue weighted by molar-refractivity contribution is 0.578. The largest absolute Gasteiger partial charge is 0.372 e. The number of benzene rings is 8. The van der Waals surface area contributed by atoms with Crippen molar-refractivity contribution in [1.82, 2.24) is 0 Å². The third-order valence-corrected chi connectivity index (χ3v) is 11.8. The van der Waals surface area contributed by atoms with E-state index < -0.39 is 0 Å². The van der Waals surface area contributed by atoms with Crippen LogP contribution in [0.1, 0.15) is 38.5 Å². The average Bonchev–Trinajstić information content (AvgIpc) is 3.23. The van der Waals surface area contributed by atoms with Crippen LogP contribution in [0.4, 0.5) is 11.4 Å². The van der Waals surface area contributed by atoms with Gasteiger partial charge in [0.25, 0.3) is 0 Å². The number of hydrogen-bond acceptors (Lipinski definition) is 2. The molecule has 2 saturated heterocycles. The zero-order chi connectivity index (χ0) is 34.4. The van der Waals surface area contributed by atoms with Crippen molar-refractivity contribution in [3.63, 3.8) is 0 Å². The van der Waals surface area contributed by atoms with Crippen LogP contribution in [-0.4, -0.2) is 26.2 Å². The maximum atomic E-state index is 2.62. The van der Waals surface area contributed by atoms with Gasteiger partial charge < -0.3 is 9.80 Å². The van der Waals surface area contributed by atoms with Gasteiger partial charge in [0.2, 0.25) is 0 Å². The van der Waals surface area contributed by atoms with Gasteiger partial charge in [0.05, 0.1) is 0 Å². The molecule has 2 nitrogen and oxygen atoms in total. The van der Waals surface area contributed by atoms with Crippen LogP contribution in [0.2, 0.25) is 0 Å². The Bertz CT molecular complexity index is 2590. The molecule has 0 bridgehead atoms. The predicted octanol–water partition coefficient (Wildman–Crippen LogP) is 13.3. The highest BCUT2D eigenvalue weighted by molar-refractivity contribution is 6.26. The van der Waals surface area contributed by atoms with Gasteiger partial charge in [-0.15, -0.1) is 0 Å². The molecule has 2 fully saturated rings. The maximum absolute atomic E-state index is 2.62. The third kappa shape index (κ3) is 5.40. The SMILES string of the molecule is c1ccc(-c2ccc3ccccc3c2-c2c3ccc(N4CCCCC4)cc3c(-c3ccc4ccccc4c3)c3ccc(N4CCCCC4)cc23)cc1. The van der Waals surface area contributed by atoms with Crippen LogP contribution in [0.5, 0.6) is 0 Å². The Morgan fingerprint density at radius 3 is 1.56 bits per heavy atom. The number of anilines is 2. The molecule has 0 amide bonds. The summed E-state index contributed by atoms with van der Waals surface area (Å²) < 4.78 is 0. The summed E-state index contributed by atoms with van der Waals surface area (Å²) >= 11 is 0. The first kappa shape index (κ1) is 31.2. The Labute approximate surface area is 306 Å². The molecule has 0 radical (unpaired) electrons. The van der Waals surface area contributed by atoms with Crippen molar-refractivity contribution in [2.45, 2.75) is 38.5 Å². The van der Waals surface area contributed by atoms with Gasteiger partial charge in [0, 0.05) is 37.6 Å². The smallest absolute Gasteiger partial charge is 0.0372 e. The van der Waals surface area contributed by atoms with Crippen LogP contribution in [0.3, 0.4) is 0 Å². The molecule has 0 N–H and O–H groups in total. The van der Waals surface area contributed by atoms with Crippen molar-refractivity contribution in [3.8, 4) is 33.4 Å². The maximum Gasteiger partial charge on any atom is 0.0372 e. The number of fused-ring (bicyclic) bond motifs is 4. The summed E-state index contributed by atoms with van der Waals surface area (Å²) in [5, 5.41) is 10.4. The first-order valence-corrected chi connectivity index (χ1v) is 19.4. The summed E-state index contributed by atoms with van der Waals surface area (Å²) in [5.74, 6) is 0. The second kappa shape index (κ2) is 13.2. The first-order chi connectivity index (χ1) is 25.8. The summed E-state index contributed by atoms with van der Waals surface area (Å²) in [6.45, 7) is 4.49. The van der Waals surface area contributed by atoms with Crippen molar-refractivity contribution < 1.29 is 0 Å². The van der Waals surface area contributed by atoms with E-state index in [1.54, 1.807) is 0 Å². The Morgan fingerprint density at radius 2 is 0.865 bits per heavy atom. The molecule has 10 rings (SSSR count). The third-order valence-electron chi connectivity index (χ3n) is 11.8. The average molecular weight is 673 g/mol. The minimum Gasteiger partial charge on any atom is -0.372 e. The minimum absolute atomic E-state index is 1.12. The molecule has 2 aliphatic rings. The molecule has 52 heavy (non-hydrogen) atoms. The summed E-state index contributed by atoms with van der Waals surface area (Å²) in [4.78, 5) is 5.23. The van der Waals surface area contributed by atoms with Crippen LogP contribution in [0.25, 0.3) is 76.5 Å². The molecule has 254 valence electrons. The van der Waals surface area contributed by atoms with Gasteiger partial charge in [-0.3, -0.25) is 0 Å². The molecular weight excluding hydrogens is 629 g/mol. The fraction of sp³-hybridized carbons (Fsp3) is 0.200. The Kier molecular flexibility index (Phi) is 7.90. The number of piperidine rings is 2. The first-order valence-electron chi connectivity index (χ1n) is 19.4. The molecule has 0 atom stereocenters. The van der Waals surface area contributed by atoms with E-state index in [1.807, 2.05) is 0 Å². The topological polar surface area (TPSA) is 6.48 Å². The van der Waals surface area contributed by atoms with Crippen molar-refractivity contribution in [3.05, 3.63) is 146 Å². The van der Waals surface area contributed by atoms with E-state index >= 15 is 0 Å². The molecule has 8 aromatic rings. The molecule has 2 heteroatoms. The van der Waals surface area contributed by atoms with E-state index in [9.17, 15) is 0 Å². The van der Waals surface area contributed by atoms with E-state index in [-0.39, 0.29) is 0 Å². The Balaban J connectivity index is 1.37. The van der Waals surface area contributed by atoms with E-state index in [2.05, 4.69) is 155 Å². The summed E-state index contributed by atoms with van der Waals surface area (Å²) in [7, 11) is 0. The van der Waals surface area contributed by atoms with E-state index in [0.29, 0.717) is 0 Å². The Morgan fingerprint density at radius 1 is 0.308 bits per heavy atom. The van der Waals surface area contributed by atoms with Crippen LogP contribution in [-0.2, 0) is 0 Å². The summed E-state index contributed by atoms with van der Waals surface area (Å²) in [6.07, 6.45) is 7.67. The van der Waals surface area contributed by atoms with Gasteiger partial charge in [-0.05, 0) is 145 Å². The minimum atomic E-state index is 1.12. The van der Waals surface area contributed by atoms with Gasteiger partial charge in [-0.1, -0.05) is 115 Å². The summed E-state index contributed by atoms with van der Waals surface area (Å²) in [5.41, 5.74) is 10.5.